The van der Waals surface area contributed by atoms with Gasteiger partial charge in [-0.05, 0) is 43.8 Å². The molecule has 2 N–H and O–H groups in total. The molecule has 3 rings (SSSR count). The van der Waals surface area contributed by atoms with Crippen LogP contribution < -0.4 is 10.6 Å². The fourth-order valence-electron chi connectivity index (χ4n) is 2.73. The zero-order valence-electron chi connectivity index (χ0n) is 14.1. The molecule has 4 nitrogen and oxygen atoms in total. The SMILES string of the molecule is Cl.O=C(CN1CCCNCC1)Nc1ccccc1Sc1ccccc1. The van der Waals surface area contributed by atoms with Crippen LogP contribution >= 0.6 is 24.2 Å². The van der Waals surface area contributed by atoms with Crippen LogP contribution in [0, 0.1) is 0 Å². The smallest absolute Gasteiger partial charge is 0.238 e. The third kappa shape index (κ3) is 6.36. The fourth-order valence-corrected chi connectivity index (χ4v) is 3.65. The second kappa shape index (κ2) is 10.5. The van der Waals surface area contributed by atoms with Gasteiger partial charge in [-0.1, -0.05) is 42.1 Å². The Kier molecular flexibility index (Phi) is 8.28. The first-order valence-electron chi connectivity index (χ1n) is 8.36. The molecule has 25 heavy (non-hydrogen) atoms. The van der Waals surface area contributed by atoms with Crippen LogP contribution in [0.1, 0.15) is 6.42 Å². The Balaban J connectivity index is 0.00000225. The molecule has 1 aliphatic heterocycles. The minimum Gasteiger partial charge on any atom is -0.324 e. The zero-order chi connectivity index (χ0) is 16.6. The lowest BCUT2D eigenvalue weighted by Gasteiger charge is -2.19. The Morgan fingerprint density at radius 2 is 1.80 bits per heavy atom. The van der Waals surface area contributed by atoms with Crippen molar-refractivity contribution in [1.29, 1.82) is 0 Å². The number of carbonyl (C=O) groups excluding carboxylic acids is 1. The highest BCUT2D eigenvalue weighted by Gasteiger charge is 2.14. The number of benzene rings is 2. The average Bonchev–Trinajstić information content (AvgIpc) is 2.86. The van der Waals surface area contributed by atoms with E-state index in [1.54, 1.807) is 11.8 Å². The number of halogens is 1. The first-order valence-corrected chi connectivity index (χ1v) is 9.18. The van der Waals surface area contributed by atoms with Gasteiger partial charge in [0.05, 0.1) is 12.2 Å². The van der Waals surface area contributed by atoms with Crippen molar-refractivity contribution >= 4 is 35.8 Å². The van der Waals surface area contributed by atoms with Crippen molar-refractivity contribution in [2.24, 2.45) is 0 Å². The number of hydrogen-bond acceptors (Lipinski definition) is 4. The molecule has 2 aromatic rings. The van der Waals surface area contributed by atoms with Crippen LogP contribution in [0.5, 0.6) is 0 Å². The van der Waals surface area contributed by atoms with Crippen molar-refractivity contribution in [3.05, 3.63) is 54.6 Å². The predicted octanol–water partition coefficient (Wildman–Crippen LogP) is 3.49. The van der Waals surface area contributed by atoms with E-state index >= 15 is 0 Å². The highest BCUT2D eigenvalue weighted by Crippen LogP contribution is 2.33. The first-order chi connectivity index (χ1) is 11.8. The molecule has 1 fully saturated rings. The van der Waals surface area contributed by atoms with Crippen LogP contribution in [0.4, 0.5) is 5.69 Å². The lowest BCUT2D eigenvalue weighted by molar-refractivity contribution is -0.117. The Morgan fingerprint density at radius 3 is 2.64 bits per heavy atom. The molecule has 0 aromatic heterocycles. The van der Waals surface area contributed by atoms with Gasteiger partial charge in [-0.2, -0.15) is 0 Å². The molecule has 0 bridgehead atoms. The number of carbonyl (C=O) groups is 1. The third-order valence-electron chi connectivity index (χ3n) is 3.93. The number of rotatable bonds is 5. The Morgan fingerprint density at radius 1 is 1.04 bits per heavy atom. The molecule has 0 radical (unpaired) electrons. The van der Waals surface area contributed by atoms with E-state index in [-0.39, 0.29) is 18.3 Å². The van der Waals surface area contributed by atoms with Gasteiger partial charge in [-0.3, -0.25) is 9.69 Å². The highest BCUT2D eigenvalue weighted by molar-refractivity contribution is 7.99. The van der Waals surface area contributed by atoms with Gasteiger partial charge in [0.2, 0.25) is 5.91 Å². The molecule has 0 spiro atoms. The molecule has 1 amide bonds. The summed E-state index contributed by atoms with van der Waals surface area (Å²) in [6.45, 7) is 4.34. The Hall–Kier alpha value is -1.53. The minimum absolute atomic E-state index is 0. The predicted molar refractivity (Wildman–Crippen MR) is 107 cm³/mol. The lowest BCUT2D eigenvalue weighted by Crippen LogP contribution is -2.35. The molecule has 0 atom stereocenters. The lowest BCUT2D eigenvalue weighted by atomic mass is 10.3. The standard InChI is InChI=1S/C19H23N3OS.ClH/c23-19(15-22-13-6-11-20-12-14-22)21-17-9-4-5-10-18(17)24-16-7-2-1-3-8-16;/h1-5,7-10,20H,6,11-15H2,(H,21,23);1H. The molecular weight excluding hydrogens is 354 g/mol. The maximum atomic E-state index is 12.4. The van der Waals surface area contributed by atoms with Gasteiger partial charge in [0.25, 0.3) is 0 Å². The summed E-state index contributed by atoms with van der Waals surface area (Å²) in [6.07, 6.45) is 1.09. The monoisotopic (exact) mass is 377 g/mol. The van der Waals surface area contributed by atoms with Crippen molar-refractivity contribution in [3.8, 4) is 0 Å². The Bertz CT molecular complexity index is 661. The van der Waals surface area contributed by atoms with E-state index in [1.165, 1.54) is 0 Å². The van der Waals surface area contributed by atoms with Crippen LogP contribution in [0.2, 0.25) is 0 Å². The van der Waals surface area contributed by atoms with Crippen LogP contribution in [-0.2, 0) is 4.79 Å². The number of amides is 1. The number of anilines is 1. The fraction of sp³-hybridized carbons (Fsp3) is 0.316. The number of para-hydroxylation sites is 1. The van der Waals surface area contributed by atoms with Crippen molar-refractivity contribution in [1.82, 2.24) is 10.2 Å². The summed E-state index contributed by atoms with van der Waals surface area (Å²) in [5.74, 6) is 0.0537. The number of hydrogen-bond donors (Lipinski definition) is 2. The molecule has 2 aromatic carbocycles. The van der Waals surface area contributed by atoms with Gasteiger partial charge in [0.1, 0.15) is 0 Å². The van der Waals surface area contributed by atoms with Crippen molar-refractivity contribution < 1.29 is 4.79 Å². The van der Waals surface area contributed by atoms with E-state index in [4.69, 9.17) is 0 Å². The van der Waals surface area contributed by atoms with Gasteiger partial charge in [0, 0.05) is 22.9 Å². The molecule has 1 heterocycles. The summed E-state index contributed by atoms with van der Waals surface area (Å²) >= 11 is 1.67. The quantitative estimate of drug-likeness (QED) is 0.837. The summed E-state index contributed by atoms with van der Waals surface area (Å²) in [5, 5.41) is 6.44. The van der Waals surface area contributed by atoms with Crippen molar-refractivity contribution in [3.63, 3.8) is 0 Å². The van der Waals surface area contributed by atoms with E-state index in [2.05, 4.69) is 27.7 Å². The molecule has 1 saturated heterocycles. The minimum atomic E-state index is 0. The summed E-state index contributed by atoms with van der Waals surface area (Å²) < 4.78 is 0. The Labute approximate surface area is 159 Å². The topological polar surface area (TPSA) is 44.4 Å². The summed E-state index contributed by atoms with van der Waals surface area (Å²) in [6, 6.07) is 18.2. The zero-order valence-corrected chi connectivity index (χ0v) is 15.7. The second-order valence-corrected chi connectivity index (χ2v) is 6.95. The van der Waals surface area contributed by atoms with Gasteiger partial charge in [0.15, 0.2) is 0 Å². The molecule has 0 unspecified atom stereocenters. The van der Waals surface area contributed by atoms with E-state index in [1.807, 2.05) is 42.5 Å². The third-order valence-corrected chi connectivity index (χ3v) is 5.02. The van der Waals surface area contributed by atoms with E-state index in [9.17, 15) is 4.79 Å². The second-order valence-electron chi connectivity index (χ2n) is 5.84. The van der Waals surface area contributed by atoms with Crippen molar-refractivity contribution in [2.45, 2.75) is 16.2 Å². The largest absolute Gasteiger partial charge is 0.324 e. The van der Waals surface area contributed by atoms with Crippen LogP contribution in [0.15, 0.2) is 64.4 Å². The summed E-state index contributed by atoms with van der Waals surface area (Å²) in [5.41, 5.74) is 0.879. The maximum absolute atomic E-state index is 12.4. The summed E-state index contributed by atoms with van der Waals surface area (Å²) in [7, 11) is 0. The average molecular weight is 378 g/mol. The van der Waals surface area contributed by atoms with Gasteiger partial charge in [-0.15, -0.1) is 12.4 Å². The van der Waals surface area contributed by atoms with Crippen molar-refractivity contribution in [2.75, 3.05) is 38.0 Å². The van der Waals surface area contributed by atoms with Crippen LogP contribution in [-0.4, -0.2) is 43.5 Å². The van der Waals surface area contributed by atoms with Gasteiger partial charge < -0.3 is 10.6 Å². The van der Waals surface area contributed by atoms with Crippen LogP contribution in [0.3, 0.4) is 0 Å². The number of nitrogens with one attached hydrogen (secondary N) is 2. The maximum Gasteiger partial charge on any atom is 0.238 e. The van der Waals surface area contributed by atoms with E-state index in [0.717, 1.165) is 48.1 Å². The molecule has 1 aliphatic rings. The van der Waals surface area contributed by atoms with Gasteiger partial charge >= 0.3 is 0 Å². The van der Waals surface area contributed by atoms with Gasteiger partial charge in [-0.25, -0.2) is 0 Å². The molecular formula is C19H24ClN3OS. The highest BCUT2D eigenvalue weighted by atomic mass is 35.5. The molecule has 134 valence electrons. The van der Waals surface area contributed by atoms with E-state index in [0.29, 0.717) is 6.54 Å². The van der Waals surface area contributed by atoms with Crippen LogP contribution in [0.25, 0.3) is 0 Å². The van der Waals surface area contributed by atoms with E-state index < -0.39 is 0 Å². The number of nitrogens with zero attached hydrogens (tertiary/aromatic N) is 1. The molecule has 0 saturated carbocycles. The first kappa shape index (κ1) is 19.8. The molecule has 0 aliphatic carbocycles. The molecule has 6 heteroatoms. The normalized spacial score (nSPS) is 15.0. The summed E-state index contributed by atoms with van der Waals surface area (Å²) in [4.78, 5) is 16.9.